The van der Waals surface area contributed by atoms with Crippen LogP contribution in [-0.4, -0.2) is 32.3 Å². The smallest absolute Gasteiger partial charge is 0.261 e. The third-order valence-corrected chi connectivity index (χ3v) is 6.66. The summed E-state index contributed by atoms with van der Waals surface area (Å²) in [5, 5.41) is 0.460. The molecule has 0 aliphatic carbocycles. The molecular formula is C19H20Cl2N2O3S. The van der Waals surface area contributed by atoms with Crippen LogP contribution in [0.5, 0.6) is 0 Å². The van der Waals surface area contributed by atoms with Crippen molar-refractivity contribution in [1.29, 1.82) is 0 Å². The van der Waals surface area contributed by atoms with E-state index in [9.17, 15) is 13.2 Å². The predicted molar refractivity (Wildman–Crippen MR) is 108 cm³/mol. The van der Waals surface area contributed by atoms with Crippen molar-refractivity contribution in [3.05, 3.63) is 58.1 Å². The van der Waals surface area contributed by atoms with Crippen molar-refractivity contribution in [3.63, 3.8) is 0 Å². The van der Waals surface area contributed by atoms with Gasteiger partial charge in [-0.15, -0.1) is 0 Å². The summed E-state index contributed by atoms with van der Waals surface area (Å²) in [4.78, 5) is 14.2. The molecule has 1 heterocycles. The van der Waals surface area contributed by atoms with E-state index in [1.54, 1.807) is 24.3 Å². The highest BCUT2D eigenvalue weighted by Crippen LogP contribution is 2.26. The average Bonchev–Trinajstić information content (AvgIpc) is 3.05. The highest BCUT2D eigenvalue weighted by molar-refractivity contribution is 7.92. The quantitative estimate of drug-likeness (QED) is 0.778. The Balaban J connectivity index is 1.66. The van der Waals surface area contributed by atoms with Gasteiger partial charge in [-0.25, -0.2) is 8.42 Å². The Bertz CT molecular complexity index is 946. The van der Waals surface area contributed by atoms with Crippen LogP contribution in [-0.2, 0) is 21.2 Å². The lowest BCUT2D eigenvalue weighted by atomic mass is 10.1. The second-order valence-corrected chi connectivity index (χ2v) is 9.29. The lowest BCUT2D eigenvalue weighted by molar-refractivity contribution is -0.129. The number of rotatable bonds is 5. The Morgan fingerprint density at radius 3 is 2.44 bits per heavy atom. The average molecular weight is 427 g/mol. The van der Waals surface area contributed by atoms with Gasteiger partial charge in [0.05, 0.1) is 21.4 Å². The van der Waals surface area contributed by atoms with Crippen molar-refractivity contribution in [2.24, 2.45) is 5.92 Å². The largest absolute Gasteiger partial charge is 0.342 e. The molecule has 27 heavy (non-hydrogen) atoms. The third kappa shape index (κ3) is 4.94. The monoisotopic (exact) mass is 426 g/mol. The molecule has 1 aliphatic rings. The lowest BCUT2D eigenvalue weighted by Gasteiger charge is -2.16. The summed E-state index contributed by atoms with van der Waals surface area (Å²) in [6.07, 6.45) is 1.35. The number of hydrogen-bond donors (Lipinski definition) is 1. The topological polar surface area (TPSA) is 66.5 Å². The molecule has 0 saturated carbocycles. The predicted octanol–water partition coefficient (Wildman–Crippen LogP) is 4.21. The van der Waals surface area contributed by atoms with Gasteiger partial charge in [0.15, 0.2) is 0 Å². The summed E-state index contributed by atoms with van der Waals surface area (Å²) < 4.78 is 27.4. The Morgan fingerprint density at radius 1 is 1.15 bits per heavy atom. The Kier molecular flexibility index (Phi) is 5.99. The maximum Gasteiger partial charge on any atom is 0.261 e. The molecule has 8 heteroatoms. The van der Waals surface area contributed by atoms with Crippen molar-refractivity contribution < 1.29 is 13.2 Å². The van der Waals surface area contributed by atoms with E-state index in [2.05, 4.69) is 11.6 Å². The number of carbonyl (C=O) groups is 1. The van der Waals surface area contributed by atoms with Crippen LogP contribution in [0.2, 0.25) is 10.0 Å². The van der Waals surface area contributed by atoms with Gasteiger partial charge in [-0.2, -0.15) is 0 Å². The molecule has 0 bridgehead atoms. The van der Waals surface area contributed by atoms with Crippen molar-refractivity contribution in [1.82, 2.24) is 4.90 Å². The van der Waals surface area contributed by atoms with Gasteiger partial charge in [-0.05, 0) is 48.2 Å². The third-order valence-electron chi connectivity index (χ3n) is 4.54. The van der Waals surface area contributed by atoms with E-state index < -0.39 is 10.0 Å². The minimum Gasteiger partial charge on any atom is -0.342 e. The number of nitrogens with one attached hydrogen (secondary N) is 1. The van der Waals surface area contributed by atoms with E-state index >= 15 is 0 Å². The molecule has 1 amide bonds. The molecule has 1 fully saturated rings. The van der Waals surface area contributed by atoms with Crippen molar-refractivity contribution in [3.8, 4) is 0 Å². The minimum absolute atomic E-state index is 0.0271. The number of amides is 1. The normalized spacial score (nSPS) is 17.1. The van der Waals surface area contributed by atoms with Gasteiger partial charge in [-0.1, -0.05) is 42.3 Å². The van der Waals surface area contributed by atoms with Crippen molar-refractivity contribution >= 4 is 44.8 Å². The second-order valence-electron chi connectivity index (χ2n) is 6.79. The number of halogens is 2. The highest BCUT2D eigenvalue weighted by atomic mass is 35.5. The molecule has 0 aromatic heterocycles. The molecule has 1 unspecified atom stereocenters. The van der Waals surface area contributed by atoms with Crippen LogP contribution in [0.25, 0.3) is 0 Å². The molecule has 0 radical (unpaired) electrons. The van der Waals surface area contributed by atoms with Gasteiger partial charge < -0.3 is 4.90 Å². The summed E-state index contributed by atoms with van der Waals surface area (Å²) in [6, 6.07) is 10.9. The number of nitrogens with zero attached hydrogens (tertiary/aromatic N) is 1. The molecular weight excluding hydrogens is 407 g/mol. The van der Waals surface area contributed by atoms with Gasteiger partial charge in [0.25, 0.3) is 10.0 Å². The summed E-state index contributed by atoms with van der Waals surface area (Å²) in [5.74, 6) is 0.649. The van der Waals surface area contributed by atoms with E-state index in [-0.39, 0.29) is 20.8 Å². The molecule has 1 aliphatic heterocycles. The first-order valence-electron chi connectivity index (χ1n) is 8.59. The van der Waals surface area contributed by atoms with Crippen LogP contribution < -0.4 is 4.72 Å². The molecule has 2 aromatic carbocycles. The van der Waals surface area contributed by atoms with Gasteiger partial charge in [0.2, 0.25) is 5.91 Å². The first-order chi connectivity index (χ1) is 12.7. The zero-order valence-corrected chi connectivity index (χ0v) is 17.1. The fourth-order valence-electron chi connectivity index (χ4n) is 3.00. The highest BCUT2D eigenvalue weighted by Gasteiger charge is 2.23. The van der Waals surface area contributed by atoms with E-state index in [0.29, 0.717) is 18.0 Å². The number of anilines is 1. The van der Waals surface area contributed by atoms with E-state index in [1.165, 1.54) is 18.2 Å². The number of carbonyl (C=O) groups excluding carboxylic acids is 1. The summed E-state index contributed by atoms with van der Waals surface area (Å²) in [5.41, 5.74) is 1.25. The van der Waals surface area contributed by atoms with Gasteiger partial charge in [-0.3, -0.25) is 9.52 Å². The zero-order chi connectivity index (χ0) is 19.6. The molecule has 144 valence electrons. The first kappa shape index (κ1) is 20.0. The standard InChI is InChI=1S/C19H20Cl2N2O3S/c1-13-8-9-23(12-13)19(24)10-14-2-4-15(5-3-14)22-27(25,26)16-6-7-17(20)18(21)11-16/h2-7,11,13,22H,8-10,12H2,1H3. The molecule has 1 saturated heterocycles. The zero-order valence-electron chi connectivity index (χ0n) is 14.8. The number of hydrogen-bond acceptors (Lipinski definition) is 3. The van der Waals surface area contributed by atoms with Gasteiger partial charge in [0.1, 0.15) is 0 Å². The Labute approximate surface area is 169 Å². The van der Waals surface area contributed by atoms with Crippen LogP contribution in [0.1, 0.15) is 18.9 Å². The number of sulfonamides is 1. The molecule has 1 N–H and O–H groups in total. The molecule has 1 atom stereocenters. The van der Waals surface area contributed by atoms with Crippen LogP contribution in [0.4, 0.5) is 5.69 Å². The molecule has 3 rings (SSSR count). The van der Waals surface area contributed by atoms with Gasteiger partial charge >= 0.3 is 0 Å². The van der Waals surface area contributed by atoms with E-state index in [1.807, 2.05) is 4.90 Å². The number of benzene rings is 2. The van der Waals surface area contributed by atoms with Crippen LogP contribution in [0.3, 0.4) is 0 Å². The second kappa shape index (κ2) is 8.09. The molecule has 2 aromatic rings. The van der Waals surface area contributed by atoms with E-state index in [0.717, 1.165) is 25.1 Å². The summed E-state index contributed by atoms with van der Waals surface area (Å²) in [6.45, 7) is 3.75. The van der Waals surface area contributed by atoms with Crippen LogP contribution >= 0.6 is 23.2 Å². The number of likely N-dealkylation sites (tertiary alicyclic amines) is 1. The minimum atomic E-state index is -3.78. The van der Waals surface area contributed by atoms with Gasteiger partial charge in [0, 0.05) is 18.8 Å². The maximum absolute atomic E-state index is 12.5. The molecule has 5 nitrogen and oxygen atoms in total. The van der Waals surface area contributed by atoms with Crippen LogP contribution in [0, 0.1) is 5.92 Å². The Hall–Kier alpha value is -1.76. The van der Waals surface area contributed by atoms with E-state index in [4.69, 9.17) is 23.2 Å². The van der Waals surface area contributed by atoms with Crippen molar-refractivity contribution in [2.45, 2.75) is 24.7 Å². The van der Waals surface area contributed by atoms with Crippen LogP contribution in [0.15, 0.2) is 47.4 Å². The SMILES string of the molecule is CC1CCN(C(=O)Cc2ccc(NS(=O)(=O)c3ccc(Cl)c(Cl)c3)cc2)C1. The Morgan fingerprint density at radius 2 is 1.85 bits per heavy atom. The van der Waals surface area contributed by atoms with Crippen molar-refractivity contribution in [2.75, 3.05) is 17.8 Å². The maximum atomic E-state index is 12.5. The lowest BCUT2D eigenvalue weighted by Crippen LogP contribution is -2.29. The summed E-state index contributed by atoms with van der Waals surface area (Å²) in [7, 11) is -3.78. The fourth-order valence-corrected chi connectivity index (χ4v) is 4.44. The first-order valence-corrected chi connectivity index (χ1v) is 10.8. The fraction of sp³-hybridized carbons (Fsp3) is 0.316. The molecule has 0 spiro atoms. The summed E-state index contributed by atoms with van der Waals surface area (Å²) >= 11 is 11.7.